The van der Waals surface area contributed by atoms with Gasteiger partial charge in [0.1, 0.15) is 5.76 Å². The molecule has 0 aliphatic rings. The van der Waals surface area contributed by atoms with Gasteiger partial charge in [0.05, 0.1) is 0 Å². The summed E-state index contributed by atoms with van der Waals surface area (Å²) < 4.78 is 5.08. The molecule has 0 aliphatic heterocycles. The Bertz CT molecular complexity index is 190. The highest BCUT2D eigenvalue weighted by Gasteiger charge is 2.07. The number of hydrogen-bond acceptors (Lipinski definition) is 2. The van der Waals surface area contributed by atoms with Crippen molar-refractivity contribution >= 4 is 5.97 Å². The van der Waals surface area contributed by atoms with Crippen LogP contribution in [-0.4, -0.2) is 5.97 Å². The summed E-state index contributed by atoms with van der Waals surface area (Å²) in [6, 6.07) is 0. The highest BCUT2D eigenvalue weighted by Crippen LogP contribution is 2.14. The Balaban J connectivity index is 4.23. The molecule has 0 heterocycles. The first-order valence-corrected chi connectivity index (χ1v) is 4.82. The molecular weight excluding hydrogens is 164 g/mol. The monoisotopic (exact) mass is 184 g/mol. The van der Waals surface area contributed by atoms with E-state index in [4.69, 9.17) is 4.74 Å². The molecule has 2 nitrogen and oxygen atoms in total. The van der Waals surface area contributed by atoms with E-state index in [9.17, 15) is 4.79 Å². The van der Waals surface area contributed by atoms with Gasteiger partial charge in [0.25, 0.3) is 0 Å². The van der Waals surface area contributed by atoms with Crippen LogP contribution in [-0.2, 0) is 9.53 Å². The third-order valence-corrected chi connectivity index (χ3v) is 1.62. The van der Waals surface area contributed by atoms with Crippen LogP contribution in [0.3, 0.4) is 0 Å². The van der Waals surface area contributed by atoms with Crippen LogP contribution in [0.5, 0.6) is 0 Å². The third-order valence-electron chi connectivity index (χ3n) is 1.62. The van der Waals surface area contributed by atoms with Gasteiger partial charge in [-0.1, -0.05) is 27.7 Å². The van der Waals surface area contributed by atoms with Gasteiger partial charge in [-0.05, 0) is 18.4 Å². The van der Waals surface area contributed by atoms with Gasteiger partial charge in [0, 0.05) is 12.8 Å². The van der Waals surface area contributed by atoms with Crippen LogP contribution in [0, 0.1) is 11.8 Å². The van der Waals surface area contributed by atoms with Crippen LogP contribution in [0.25, 0.3) is 0 Å². The lowest BCUT2D eigenvalue weighted by molar-refractivity contribution is -0.137. The van der Waals surface area contributed by atoms with Crippen LogP contribution in [0.15, 0.2) is 11.8 Å². The van der Waals surface area contributed by atoms with E-state index in [0.29, 0.717) is 5.92 Å². The largest absolute Gasteiger partial charge is 0.431 e. The summed E-state index contributed by atoms with van der Waals surface area (Å²) in [5.74, 6) is 1.44. The van der Waals surface area contributed by atoms with E-state index < -0.39 is 0 Å². The van der Waals surface area contributed by atoms with E-state index in [-0.39, 0.29) is 11.9 Å². The first kappa shape index (κ1) is 12.2. The standard InChI is InChI=1S/C11H20O2/c1-8(2)6-7-11(9(3)4)13-10(5)12/h7-9H,6H2,1-5H3/b11-7+. The van der Waals surface area contributed by atoms with Gasteiger partial charge in [-0.15, -0.1) is 0 Å². The van der Waals surface area contributed by atoms with Gasteiger partial charge in [-0.2, -0.15) is 0 Å². The molecule has 0 rings (SSSR count). The quantitative estimate of drug-likeness (QED) is 0.495. The molecule has 0 atom stereocenters. The average Bonchev–Trinajstić information content (AvgIpc) is 1.96. The lowest BCUT2D eigenvalue weighted by atomic mass is 10.1. The normalized spacial score (nSPS) is 12.4. The molecule has 0 aromatic rings. The topological polar surface area (TPSA) is 26.3 Å². The average molecular weight is 184 g/mol. The highest BCUT2D eigenvalue weighted by atomic mass is 16.5. The molecule has 0 fully saturated rings. The second kappa shape index (κ2) is 5.79. The van der Waals surface area contributed by atoms with E-state index in [1.54, 1.807) is 0 Å². The van der Waals surface area contributed by atoms with Crippen LogP contribution in [0.4, 0.5) is 0 Å². The van der Waals surface area contributed by atoms with Crippen LogP contribution in [0.2, 0.25) is 0 Å². The maximum absolute atomic E-state index is 10.7. The van der Waals surface area contributed by atoms with Crippen molar-refractivity contribution in [3.05, 3.63) is 11.8 Å². The smallest absolute Gasteiger partial charge is 0.307 e. The van der Waals surface area contributed by atoms with E-state index in [2.05, 4.69) is 13.8 Å². The molecule has 13 heavy (non-hydrogen) atoms. The minimum absolute atomic E-state index is 0.233. The number of ether oxygens (including phenoxy) is 1. The minimum Gasteiger partial charge on any atom is -0.431 e. The van der Waals surface area contributed by atoms with Crippen molar-refractivity contribution in [2.24, 2.45) is 11.8 Å². The Morgan fingerprint density at radius 2 is 1.85 bits per heavy atom. The number of carbonyl (C=O) groups excluding carboxylic acids is 1. The highest BCUT2D eigenvalue weighted by molar-refractivity contribution is 5.67. The number of carbonyl (C=O) groups is 1. The molecule has 0 N–H and O–H groups in total. The third kappa shape index (κ3) is 6.38. The zero-order chi connectivity index (χ0) is 10.4. The molecule has 76 valence electrons. The van der Waals surface area contributed by atoms with Crippen molar-refractivity contribution in [1.82, 2.24) is 0 Å². The molecular formula is C11H20O2. The molecule has 0 unspecified atom stereocenters. The summed E-state index contributed by atoms with van der Waals surface area (Å²) in [4.78, 5) is 10.7. The first-order chi connectivity index (χ1) is 5.93. The lowest BCUT2D eigenvalue weighted by Crippen LogP contribution is -2.05. The molecule has 0 aromatic carbocycles. The fourth-order valence-electron chi connectivity index (χ4n) is 0.913. The molecule has 0 bridgehead atoms. The number of esters is 1. The van der Waals surface area contributed by atoms with Gasteiger partial charge >= 0.3 is 5.97 Å². The molecule has 0 spiro atoms. The van der Waals surface area contributed by atoms with Crippen molar-refractivity contribution in [1.29, 1.82) is 0 Å². The summed E-state index contributed by atoms with van der Waals surface area (Å²) in [5, 5.41) is 0. The number of hydrogen-bond donors (Lipinski definition) is 0. The predicted molar refractivity (Wildman–Crippen MR) is 54.1 cm³/mol. The molecule has 0 radical (unpaired) electrons. The number of rotatable bonds is 4. The summed E-state index contributed by atoms with van der Waals surface area (Å²) in [5.41, 5.74) is 0. The summed E-state index contributed by atoms with van der Waals surface area (Å²) >= 11 is 0. The first-order valence-electron chi connectivity index (χ1n) is 4.82. The fourth-order valence-corrected chi connectivity index (χ4v) is 0.913. The lowest BCUT2D eigenvalue weighted by Gasteiger charge is -2.11. The van der Waals surface area contributed by atoms with Crippen molar-refractivity contribution in [2.45, 2.75) is 41.0 Å². The van der Waals surface area contributed by atoms with Gasteiger partial charge < -0.3 is 4.74 Å². The number of allylic oxidation sites excluding steroid dienone is 2. The zero-order valence-corrected chi connectivity index (χ0v) is 9.26. The van der Waals surface area contributed by atoms with E-state index in [1.165, 1.54) is 6.92 Å². The van der Waals surface area contributed by atoms with Gasteiger partial charge in [-0.3, -0.25) is 4.79 Å². The van der Waals surface area contributed by atoms with Crippen LogP contribution >= 0.6 is 0 Å². The molecule has 0 aliphatic carbocycles. The SMILES string of the molecule is CC(=O)O/C(=C/CC(C)C)C(C)C. The van der Waals surface area contributed by atoms with Crippen molar-refractivity contribution < 1.29 is 9.53 Å². The molecule has 0 amide bonds. The minimum atomic E-state index is -0.233. The van der Waals surface area contributed by atoms with Crippen molar-refractivity contribution in [3.8, 4) is 0 Å². The Labute approximate surface area is 81.0 Å². The predicted octanol–water partition coefficient (Wildman–Crippen LogP) is 3.14. The van der Waals surface area contributed by atoms with Gasteiger partial charge in [0.2, 0.25) is 0 Å². The van der Waals surface area contributed by atoms with E-state index >= 15 is 0 Å². The van der Waals surface area contributed by atoms with E-state index in [0.717, 1.165) is 12.2 Å². The zero-order valence-electron chi connectivity index (χ0n) is 9.26. The Hall–Kier alpha value is -0.790. The Morgan fingerprint density at radius 1 is 1.31 bits per heavy atom. The van der Waals surface area contributed by atoms with Crippen LogP contribution < -0.4 is 0 Å². The maximum Gasteiger partial charge on any atom is 0.307 e. The second-order valence-corrected chi connectivity index (χ2v) is 3.98. The van der Waals surface area contributed by atoms with Gasteiger partial charge in [0.15, 0.2) is 0 Å². The summed E-state index contributed by atoms with van der Waals surface area (Å²) in [6.45, 7) is 9.76. The molecule has 2 heteroatoms. The van der Waals surface area contributed by atoms with Crippen molar-refractivity contribution in [3.63, 3.8) is 0 Å². The Morgan fingerprint density at radius 3 is 2.15 bits per heavy atom. The molecule has 0 aromatic heterocycles. The molecule has 0 saturated carbocycles. The summed E-state index contributed by atoms with van der Waals surface area (Å²) in [6.07, 6.45) is 2.97. The van der Waals surface area contributed by atoms with Gasteiger partial charge in [-0.25, -0.2) is 0 Å². The second-order valence-electron chi connectivity index (χ2n) is 3.98. The fraction of sp³-hybridized carbons (Fsp3) is 0.727. The maximum atomic E-state index is 10.7. The van der Waals surface area contributed by atoms with E-state index in [1.807, 2.05) is 19.9 Å². The molecule has 0 saturated heterocycles. The van der Waals surface area contributed by atoms with Crippen LogP contribution in [0.1, 0.15) is 41.0 Å². The van der Waals surface area contributed by atoms with Crippen molar-refractivity contribution in [2.75, 3.05) is 0 Å². The Kier molecular flexibility index (Phi) is 5.44. The summed E-state index contributed by atoms with van der Waals surface area (Å²) in [7, 11) is 0.